The van der Waals surface area contributed by atoms with Gasteiger partial charge in [-0.25, -0.2) is 0 Å². The van der Waals surface area contributed by atoms with Crippen molar-refractivity contribution in [3.8, 4) is 0 Å². The van der Waals surface area contributed by atoms with Crippen LogP contribution < -0.4 is 0 Å². The molecule has 0 heterocycles. The normalized spacial score (nSPS) is 41.3. The summed E-state index contributed by atoms with van der Waals surface area (Å²) in [6, 6.07) is 0. The minimum absolute atomic E-state index is 0.0330. The molecule has 0 unspecified atom stereocenters. The van der Waals surface area contributed by atoms with E-state index in [1.54, 1.807) is 0 Å². The van der Waals surface area contributed by atoms with Crippen LogP contribution in [-0.2, 0) is 0 Å². The van der Waals surface area contributed by atoms with Crippen LogP contribution in [0.15, 0.2) is 11.6 Å². The van der Waals surface area contributed by atoms with Crippen molar-refractivity contribution in [3.63, 3.8) is 0 Å². The quantitative estimate of drug-likeness (QED) is 0.655. The molecule has 0 amide bonds. The van der Waals surface area contributed by atoms with E-state index in [-0.39, 0.29) is 6.10 Å². The third kappa shape index (κ3) is 2.13. The van der Waals surface area contributed by atoms with E-state index >= 15 is 0 Å². The lowest BCUT2D eigenvalue weighted by Crippen LogP contribution is -2.40. The molecule has 1 nitrogen and oxygen atoms in total. The van der Waals surface area contributed by atoms with Crippen molar-refractivity contribution >= 4 is 0 Å². The van der Waals surface area contributed by atoms with Crippen LogP contribution in [0.4, 0.5) is 0 Å². The summed E-state index contributed by atoms with van der Waals surface area (Å²) in [6.45, 7) is 6.91. The first-order chi connectivity index (χ1) is 7.09. The number of fused-ring (bicyclic) bond motifs is 1. The molecule has 0 aromatic heterocycles. The van der Waals surface area contributed by atoms with E-state index < -0.39 is 0 Å². The summed E-state index contributed by atoms with van der Waals surface area (Å²) >= 11 is 0. The van der Waals surface area contributed by atoms with Gasteiger partial charge < -0.3 is 5.11 Å². The molecule has 4 atom stereocenters. The van der Waals surface area contributed by atoms with E-state index in [4.69, 9.17) is 0 Å². The maximum Gasteiger partial charge on any atom is 0.0574 e. The molecule has 15 heavy (non-hydrogen) atoms. The largest absolute Gasteiger partial charge is 0.393 e. The predicted octanol–water partition coefficient (Wildman–Crippen LogP) is 3.39. The smallest absolute Gasteiger partial charge is 0.0574 e. The zero-order chi connectivity index (χ0) is 11.0. The highest BCUT2D eigenvalue weighted by molar-refractivity contribution is 5.11. The van der Waals surface area contributed by atoms with Crippen LogP contribution in [0.25, 0.3) is 0 Å². The van der Waals surface area contributed by atoms with Crippen molar-refractivity contribution < 1.29 is 5.11 Å². The second kappa shape index (κ2) is 4.29. The molecule has 1 N–H and O–H groups in total. The second-order valence-corrected chi connectivity index (χ2v) is 5.85. The SMILES string of the molecule is CC1=C[C@H]2[C@H](CC1)[C@H](O)CC[C@H]2C(C)C. The van der Waals surface area contributed by atoms with Crippen LogP contribution in [0.1, 0.15) is 46.5 Å². The van der Waals surface area contributed by atoms with Crippen LogP contribution in [0.3, 0.4) is 0 Å². The lowest BCUT2D eigenvalue weighted by atomic mass is 9.63. The van der Waals surface area contributed by atoms with Gasteiger partial charge in [0, 0.05) is 0 Å². The molecular formula is C14H24O. The molecule has 1 fully saturated rings. The molecule has 0 spiro atoms. The minimum Gasteiger partial charge on any atom is -0.393 e. The van der Waals surface area contributed by atoms with Gasteiger partial charge in [0.1, 0.15) is 0 Å². The van der Waals surface area contributed by atoms with Gasteiger partial charge in [0.15, 0.2) is 0 Å². The zero-order valence-electron chi connectivity index (χ0n) is 10.2. The first kappa shape index (κ1) is 11.2. The van der Waals surface area contributed by atoms with E-state index in [1.807, 2.05) is 0 Å². The van der Waals surface area contributed by atoms with Crippen LogP contribution in [0.5, 0.6) is 0 Å². The van der Waals surface area contributed by atoms with Crippen molar-refractivity contribution in [2.45, 2.75) is 52.6 Å². The fourth-order valence-electron chi connectivity index (χ4n) is 3.56. The Bertz CT molecular complexity index is 254. The topological polar surface area (TPSA) is 20.2 Å². The number of allylic oxidation sites excluding steroid dienone is 2. The summed E-state index contributed by atoms with van der Waals surface area (Å²) in [5.41, 5.74) is 1.54. The predicted molar refractivity (Wildman–Crippen MR) is 63.5 cm³/mol. The number of hydrogen-bond donors (Lipinski definition) is 1. The highest BCUT2D eigenvalue weighted by Crippen LogP contribution is 2.45. The van der Waals surface area contributed by atoms with E-state index in [2.05, 4.69) is 26.8 Å². The standard InChI is InChI=1S/C14H24O/c1-9(2)11-6-7-14(15)12-5-4-10(3)8-13(11)12/h8-9,11-15H,4-7H2,1-3H3/t11-,12-,13+,14+/m0/s1. The van der Waals surface area contributed by atoms with Crippen molar-refractivity contribution in [1.29, 1.82) is 0 Å². The first-order valence-electron chi connectivity index (χ1n) is 6.45. The van der Waals surface area contributed by atoms with Crippen molar-refractivity contribution in [2.24, 2.45) is 23.7 Å². The van der Waals surface area contributed by atoms with E-state index in [0.717, 1.165) is 18.3 Å². The summed E-state index contributed by atoms with van der Waals surface area (Å²) < 4.78 is 0. The average molecular weight is 208 g/mol. The van der Waals surface area contributed by atoms with Gasteiger partial charge in [-0.15, -0.1) is 0 Å². The highest BCUT2D eigenvalue weighted by atomic mass is 16.3. The summed E-state index contributed by atoms with van der Waals surface area (Å²) in [5, 5.41) is 10.1. The molecule has 0 aromatic carbocycles. The molecule has 2 aliphatic rings. The number of aliphatic hydroxyl groups is 1. The maximum absolute atomic E-state index is 10.1. The Balaban J connectivity index is 2.20. The molecule has 0 radical (unpaired) electrons. The monoisotopic (exact) mass is 208 g/mol. The van der Waals surface area contributed by atoms with E-state index in [0.29, 0.717) is 11.8 Å². The Morgan fingerprint density at radius 3 is 2.67 bits per heavy atom. The fraction of sp³-hybridized carbons (Fsp3) is 0.857. The summed E-state index contributed by atoms with van der Waals surface area (Å²) in [7, 11) is 0. The molecule has 2 aliphatic carbocycles. The Labute approximate surface area is 93.6 Å². The summed E-state index contributed by atoms with van der Waals surface area (Å²) in [4.78, 5) is 0. The molecular weight excluding hydrogens is 184 g/mol. The van der Waals surface area contributed by atoms with Crippen molar-refractivity contribution in [1.82, 2.24) is 0 Å². The van der Waals surface area contributed by atoms with Gasteiger partial charge in [0.2, 0.25) is 0 Å². The lowest BCUT2D eigenvalue weighted by Gasteiger charge is -2.44. The molecule has 86 valence electrons. The van der Waals surface area contributed by atoms with Gasteiger partial charge in [-0.3, -0.25) is 0 Å². The van der Waals surface area contributed by atoms with Crippen LogP contribution >= 0.6 is 0 Å². The molecule has 0 aliphatic heterocycles. The molecule has 0 aromatic rings. The highest BCUT2D eigenvalue weighted by Gasteiger charge is 2.39. The second-order valence-electron chi connectivity index (χ2n) is 5.85. The van der Waals surface area contributed by atoms with Gasteiger partial charge in [-0.2, -0.15) is 0 Å². The molecule has 1 heteroatoms. The zero-order valence-corrected chi connectivity index (χ0v) is 10.2. The van der Waals surface area contributed by atoms with Gasteiger partial charge >= 0.3 is 0 Å². The molecule has 2 rings (SSSR count). The number of aliphatic hydroxyl groups excluding tert-OH is 1. The number of hydrogen-bond acceptors (Lipinski definition) is 1. The van der Waals surface area contributed by atoms with Gasteiger partial charge in [-0.05, 0) is 56.3 Å². The van der Waals surface area contributed by atoms with E-state index in [9.17, 15) is 5.11 Å². The summed E-state index contributed by atoms with van der Waals surface area (Å²) in [6.07, 6.45) is 7.07. The minimum atomic E-state index is -0.0330. The maximum atomic E-state index is 10.1. The number of rotatable bonds is 1. The molecule has 0 saturated heterocycles. The van der Waals surface area contributed by atoms with Gasteiger partial charge in [0.25, 0.3) is 0 Å². The van der Waals surface area contributed by atoms with Gasteiger partial charge in [0.05, 0.1) is 6.10 Å². The molecule has 0 bridgehead atoms. The van der Waals surface area contributed by atoms with Crippen LogP contribution in [0, 0.1) is 23.7 Å². The van der Waals surface area contributed by atoms with Crippen LogP contribution in [0.2, 0.25) is 0 Å². The van der Waals surface area contributed by atoms with Crippen molar-refractivity contribution in [3.05, 3.63) is 11.6 Å². The Morgan fingerprint density at radius 2 is 2.00 bits per heavy atom. The van der Waals surface area contributed by atoms with E-state index in [1.165, 1.54) is 24.8 Å². The van der Waals surface area contributed by atoms with Gasteiger partial charge in [-0.1, -0.05) is 25.5 Å². The fourth-order valence-corrected chi connectivity index (χ4v) is 3.56. The molecule has 1 saturated carbocycles. The Morgan fingerprint density at radius 1 is 1.27 bits per heavy atom. The van der Waals surface area contributed by atoms with Crippen molar-refractivity contribution in [2.75, 3.05) is 0 Å². The van der Waals surface area contributed by atoms with Crippen LogP contribution in [-0.4, -0.2) is 11.2 Å². The Hall–Kier alpha value is -0.300. The third-order valence-electron chi connectivity index (χ3n) is 4.48. The Kier molecular flexibility index (Phi) is 3.20. The third-order valence-corrected chi connectivity index (χ3v) is 4.48. The average Bonchev–Trinajstić information content (AvgIpc) is 2.17. The summed E-state index contributed by atoms with van der Waals surface area (Å²) in [5.74, 6) is 2.76. The lowest BCUT2D eigenvalue weighted by molar-refractivity contribution is -0.000989. The first-order valence-corrected chi connectivity index (χ1v) is 6.45.